The van der Waals surface area contributed by atoms with Gasteiger partial charge in [-0.05, 0) is 49.6 Å². The Bertz CT molecular complexity index is 1050. The zero-order valence-corrected chi connectivity index (χ0v) is 18.6. The van der Waals surface area contributed by atoms with Gasteiger partial charge in [0.05, 0.1) is 11.7 Å². The molecule has 0 radical (unpaired) electrons. The molecule has 7 heteroatoms. The highest BCUT2D eigenvalue weighted by Crippen LogP contribution is 2.29. The number of hydrogen-bond donors (Lipinski definition) is 0. The van der Waals surface area contributed by atoms with E-state index < -0.39 is 12.6 Å². The summed E-state index contributed by atoms with van der Waals surface area (Å²) in [6.45, 7) is 7.09. The number of aliphatic carboxylic acids is 1. The highest BCUT2D eigenvalue weighted by molar-refractivity contribution is 6.30. The maximum Gasteiger partial charge on any atom is 0.135 e. The van der Waals surface area contributed by atoms with Crippen molar-refractivity contribution in [3.8, 4) is 17.0 Å². The molecule has 0 aliphatic carbocycles. The molecule has 2 aromatic carbocycles. The number of ether oxygens (including phenoxy) is 1. The first kappa shape index (κ1) is 22.6. The van der Waals surface area contributed by atoms with Gasteiger partial charge in [0.15, 0.2) is 0 Å². The fourth-order valence-electron chi connectivity index (χ4n) is 3.52. The van der Waals surface area contributed by atoms with Gasteiger partial charge in [0.25, 0.3) is 0 Å². The number of carbonyl (C=O) groups excluding carboxylic acids is 1. The molecule has 0 N–H and O–H groups in total. The van der Waals surface area contributed by atoms with Crippen LogP contribution in [0.3, 0.4) is 0 Å². The first-order valence-corrected chi connectivity index (χ1v) is 10.5. The summed E-state index contributed by atoms with van der Waals surface area (Å²) in [5.41, 5.74) is 4.83. The van der Waals surface area contributed by atoms with Crippen LogP contribution in [0.15, 0.2) is 48.8 Å². The summed E-state index contributed by atoms with van der Waals surface area (Å²) in [7, 11) is 0. The Morgan fingerprint density at radius 1 is 1.13 bits per heavy atom. The second-order valence-corrected chi connectivity index (χ2v) is 7.80. The first-order valence-electron chi connectivity index (χ1n) is 10.1. The van der Waals surface area contributed by atoms with Crippen LogP contribution < -0.4 is 14.7 Å². The minimum atomic E-state index is -1.24. The minimum Gasteiger partial charge on any atom is -0.546 e. The van der Waals surface area contributed by atoms with E-state index in [9.17, 15) is 9.90 Å². The molecular formula is C24H25ClN3O3-. The molecule has 6 nitrogen and oxygen atoms in total. The lowest BCUT2D eigenvalue weighted by Gasteiger charge is -2.26. The summed E-state index contributed by atoms with van der Waals surface area (Å²) < 4.78 is 5.28. The average molecular weight is 439 g/mol. The number of aryl methyl sites for hydroxylation is 1. The number of benzene rings is 2. The van der Waals surface area contributed by atoms with E-state index in [4.69, 9.17) is 16.3 Å². The predicted octanol–water partition coefficient (Wildman–Crippen LogP) is 3.96. The number of rotatable bonds is 9. The Morgan fingerprint density at radius 3 is 2.52 bits per heavy atom. The van der Waals surface area contributed by atoms with Gasteiger partial charge in [-0.2, -0.15) is 0 Å². The summed E-state index contributed by atoms with van der Waals surface area (Å²) in [6.07, 6.45) is 2.56. The van der Waals surface area contributed by atoms with Gasteiger partial charge in [0.1, 0.15) is 24.5 Å². The molecule has 3 rings (SSSR count). The van der Waals surface area contributed by atoms with Crippen LogP contribution in [0.2, 0.25) is 5.02 Å². The van der Waals surface area contributed by atoms with E-state index >= 15 is 0 Å². The lowest BCUT2D eigenvalue weighted by molar-refractivity contribution is -0.307. The van der Waals surface area contributed by atoms with E-state index in [2.05, 4.69) is 21.8 Å². The van der Waals surface area contributed by atoms with Gasteiger partial charge < -0.3 is 19.5 Å². The summed E-state index contributed by atoms with van der Waals surface area (Å²) in [6, 6.07) is 13.4. The molecule has 1 heterocycles. The van der Waals surface area contributed by atoms with E-state index in [-0.39, 0.29) is 0 Å². The highest BCUT2D eigenvalue weighted by Gasteiger charge is 2.16. The Balaban J connectivity index is 1.87. The summed E-state index contributed by atoms with van der Waals surface area (Å²) in [5, 5.41) is 11.3. The molecule has 0 unspecified atom stereocenters. The van der Waals surface area contributed by atoms with E-state index in [1.807, 2.05) is 50.2 Å². The third-order valence-electron chi connectivity index (χ3n) is 4.93. The normalized spacial score (nSPS) is 10.7. The molecule has 0 spiro atoms. The molecule has 0 amide bonds. The maximum absolute atomic E-state index is 10.6. The van der Waals surface area contributed by atoms with Gasteiger partial charge in [-0.15, -0.1) is 0 Å². The maximum atomic E-state index is 10.6. The molecule has 0 saturated carbocycles. The van der Waals surface area contributed by atoms with Crippen LogP contribution in [0.4, 0.5) is 5.82 Å². The predicted molar refractivity (Wildman–Crippen MR) is 120 cm³/mol. The van der Waals surface area contributed by atoms with Crippen LogP contribution in [-0.2, 0) is 11.3 Å². The topological polar surface area (TPSA) is 78.4 Å². The standard InChI is InChI=1S/C24H26ClN3O3/c1-4-11-28(13-18-5-10-21(16(2)12-18)31-14-22(29)30)24-17(3)23(26-15-27-24)19-6-8-20(25)9-7-19/h5-10,12,15H,4,11,13-14H2,1-3H3,(H,29,30)/p-1. The van der Waals surface area contributed by atoms with Crippen LogP contribution in [0.5, 0.6) is 5.75 Å². The summed E-state index contributed by atoms with van der Waals surface area (Å²) in [4.78, 5) is 21.9. The van der Waals surface area contributed by atoms with E-state index in [0.29, 0.717) is 17.3 Å². The molecule has 0 saturated heterocycles. The zero-order chi connectivity index (χ0) is 22.4. The van der Waals surface area contributed by atoms with Crippen molar-refractivity contribution in [2.75, 3.05) is 18.1 Å². The average Bonchev–Trinajstić information content (AvgIpc) is 2.74. The van der Waals surface area contributed by atoms with Crippen LogP contribution in [0.1, 0.15) is 30.0 Å². The van der Waals surface area contributed by atoms with Gasteiger partial charge in [-0.3, -0.25) is 0 Å². The van der Waals surface area contributed by atoms with Gasteiger partial charge in [-0.25, -0.2) is 9.97 Å². The molecule has 0 aliphatic rings. The van der Waals surface area contributed by atoms with Crippen molar-refractivity contribution in [2.45, 2.75) is 33.7 Å². The van der Waals surface area contributed by atoms with Crippen LogP contribution >= 0.6 is 11.6 Å². The van der Waals surface area contributed by atoms with Gasteiger partial charge in [-0.1, -0.05) is 42.8 Å². The van der Waals surface area contributed by atoms with Crippen LogP contribution in [-0.4, -0.2) is 29.1 Å². The third kappa shape index (κ3) is 5.73. The Morgan fingerprint density at radius 2 is 1.87 bits per heavy atom. The minimum absolute atomic E-state index is 0.463. The second kappa shape index (κ2) is 10.3. The van der Waals surface area contributed by atoms with Crippen molar-refractivity contribution in [1.82, 2.24) is 9.97 Å². The molecule has 1 aromatic heterocycles. The number of halogens is 1. The number of carboxylic acid groups (broad SMARTS) is 1. The Kier molecular flexibility index (Phi) is 7.47. The van der Waals surface area contributed by atoms with Gasteiger partial charge in [0.2, 0.25) is 0 Å². The second-order valence-electron chi connectivity index (χ2n) is 7.36. The van der Waals surface area contributed by atoms with Crippen molar-refractivity contribution in [2.24, 2.45) is 0 Å². The summed E-state index contributed by atoms with van der Waals surface area (Å²) in [5.74, 6) is 0.184. The van der Waals surface area contributed by atoms with E-state index in [0.717, 1.165) is 46.7 Å². The molecule has 3 aromatic rings. The van der Waals surface area contributed by atoms with Crippen LogP contribution in [0.25, 0.3) is 11.3 Å². The smallest absolute Gasteiger partial charge is 0.135 e. The lowest BCUT2D eigenvalue weighted by atomic mass is 10.1. The first-order chi connectivity index (χ1) is 14.9. The van der Waals surface area contributed by atoms with Crippen molar-refractivity contribution in [3.63, 3.8) is 0 Å². The fourth-order valence-corrected chi connectivity index (χ4v) is 3.64. The Hall–Kier alpha value is -3.12. The van der Waals surface area contributed by atoms with Crippen molar-refractivity contribution in [1.29, 1.82) is 0 Å². The molecule has 0 atom stereocenters. The third-order valence-corrected chi connectivity index (χ3v) is 5.18. The fraction of sp³-hybridized carbons (Fsp3) is 0.292. The number of carbonyl (C=O) groups is 1. The van der Waals surface area contributed by atoms with Gasteiger partial charge in [0, 0.05) is 29.2 Å². The molecule has 0 aliphatic heterocycles. The number of anilines is 1. The highest BCUT2D eigenvalue weighted by atomic mass is 35.5. The Labute approximate surface area is 187 Å². The van der Waals surface area contributed by atoms with Crippen molar-refractivity contribution < 1.29 is 14.6 Å². The zero-order valence-electron chi connectivity index (χ0n) is 17.9. The molecule has 31 heavy (non-hydrogen) atoms. The van der Waals surface area contributed by atoms with Crippen LogP contribution in [0, 0.1) is 13.8 Å². The number of aromatic nitrogens is 2. The monoisotopic (exact) mass is 438 g/mol. The summed E-state index contributed by atoms with van der Waals surface area (Å²) >= 11 is 6.03. The lowest BCUT2D eigenvalue weighted by Crippen LogP contribution is -2.29. The largest absolute Gasteiger partial charge is 0.546 e. The molecule has 0 bridgehead atoms. The number of carboxylic acids is 1. The molecule has 0 fully saturated rings. The molecule has 162 valence electrons. The van der Waals surface area contributed by atoms with E-state index in [1.54, 1.807) is 12.4 Å². The SMILES string of the molecule is CCCN(Cc1ccc(OCC(=O)[O-])c(C)c1)c1ncnc(-c2ccc(Cl)cc2)c1C. The van der Waals surface area contributed by atoms with Crippen molar-refractivity contribution >= 4 is 23.4 Å². The number of hydrogen-bond acceptors (Lipinski definition) is 6. The van der Waals surface area contributed by atoms with Crippen molar-refractivity contribution in [3.05, 3.63) is 70.5 Å². The number of nitrogens with zero attached hydrogens (tertiary/aromatic N) is 3. The van der Waals surface area contributed by atoms with E-state index in [1.165, 1.54) is 0 Å². The molecular weight excluding hydrogens is 414 g/mol. The quantitative estimate of drug-likeness (QED) is 0.503. The van der Waals surface area contributed by atoms with Gasteiger partial charge >= 0.3 is 0 Å².